The van der Waals surface area contributed by atoms with Crippen molar-refractivity contribution in [2.24, 2.45) is 0 Å². The maximum absolute atomic E-state index is 12.5. The number of anilines is 2. The maximum Gasteiger partial charge on any atom is 0.266 e. The van der Waals surface area contributed by atoms with Crippen LogP contribution in [0.1, 0.15) is 18.1 Å². The van der Waals surface area contributed by atoms with Crippen LogP contribution in [0.5, 0.6) is 11.5 Å². The van der Waals surface area contributed by atoms with E-state index < -0.39 is 5.91 Å². The highest BCUT2D eigenvalue weighted by molar-refractivity contribution is 6.30. The summed E-state index contributed by atoms with van der Waals surface area (Å²) in [5, 5.41) is 15.5. The van der Waals surface area contributed by atoms with Gasteiger partial charge in [-0.25, -0.2) is 0 Å². The quantitative estimate of drug-likeness (QED) is 0.300. The van der Waals surface area contributed by atoms with Gasteiger partial charge in [-0.2, -0.15) is 5.26 Å². The van der Waals surface area contributed by atoms with Crippen LogP contribution in [0.15, 0.2) is 72.3 Å². The Bertz CT molecular complexity index is 1280. The lowest BCUT2D eigenvalue weighted by Crippen LogP contribution is -2.20. The van der Waals surface area contributed by atoms with Gasteiger partial charge in [0, 0.05) is 16.4 Å². The third-order valence-electron chi connectivity index (χ3n) is 4.71. The van der Waals surface area contributed by atoms with Crippen LogP contribution in [0.2, 0.25) is 5.02 Å². The molecule has 3 aromatic carbocycles. The Hall–Kier alpha value is -4.28. The van der Waals surface area contributed by atoms with Crippen molar-refractivity contribution in [2.45, 2.75) is 13.8 Å². The van der Waals surface area contributed by atoms with Crippen molar-refractivity contribution in [3.05, 3.63) is 88.5 Å². The van der Waals surface area contributed by atoms with Gasteiger partial charge in [0.2, 0.25) is 0 Å². The van der Waals surface area contributed by atoms with E-state index >= 15 is 0 Å². The average molecular weight is 490 g/mol. The van der Waals surface area contributed by atoms with Gasteiger partial charge in [0.25, 0.3) is 11.8 Å². The highest BCUT2D eigenvalue weighted by atomic mass is 35.5. The molecular weight excluding hydrogens is 466 g/mol. The van der Waals surface area contributed by atoms with Gasteiger partial charge in [0.05, 0.1) is 6.61 Å². The lowest BCUT2D eigenvalue weighted by Gasteiger charge is -2.13. The molecule has 0 aromatic heterocycles. The van der Waals surface area contributed by atoms with E-state index in [9.17, 15) is 14.9 Å². The maximum atomic E-state index is 12.5. The number of amides is 2. The van der Waals surface area contributed by atoms with Gasteiger partial charge >= 0.3 is 0 Å². The Kier molecular flexibility index (Phi) is 8.88. The highest BCUT2D eigenvalue weighted by Crippen LogP contribution is 2.29. The van der Waals surface area contributed by atoms with Crippen LogP contribution in [-0.2, 0) is 9.59 Å². The fourth-order valence-electron chi connectivity index (χ4n) is 3.11. The molecule has 0 heterocycles. The zero-order valence-corrected chi connectivity index (χ0v) is 20.1. The summed E-state index contributed by atoms with van der Waals surface area (Å²) in [5.74, 6) is -0.110. The van der Waals surface area contributed by atoms with E-state index in [2.05, 4.69) is 10.6 Å². The Morgan fingerprint density at radius 2 is 1.74 bits per heavy atom. The smallest absolute Gasteiger partial charge is 0.266 e. The molecule has 0 atom stereocenters. The van der Waals surface area contributed by atoms with Crippen molar-refractivity contribution in [1.29, 1.82) is 5.26 Å². The van der Waals surface area contributed by atoms with Gasteiger partial charge in [-0.3, -0.25) is 9.59 Å². The van der Waals surface area contributed by atoms with E-state index in [1.165, 1.54) is 6.08 Å². The van der Waals surface area contributed by atoms with Crippen LogP contribution >= 0.6 is 11.6 Å². The minimum atomic E-state index is -0.555. The molecule has 0 radical (unpaired) electrons. The molecule has 3 aromatic rings. The molecular formula is C27H24ClN3O4. The molecule has 7 nitrogen and oxygen atoms in total. The fraction of sp³-hybridized carbons (Fsp3) is 0.148. The highest BCUT2D eigenvalue weighted by Gasteiger charge is 2.13. The van der Waals surface area contributed by atoms with Gasteiger partial charge in [-0.15, -0.1) is 0 Å². The summed E-state index contributed by atoms with van der Waals surface area (Å²) >= 11 is 5.86. The summed E-state index contributed by atoms with van der Waals surface area (Å²) in [7, 11) is 0. The second-order valence-corrected chi connectivity index (χ2v) is 7.91. The second-order valence-electron chi connectivity index (χ2n) is 7.48. The zero-order chi connectivity index (χ0) is 25.2. The Labute approximate surface area is 208 Å². The van der Waals surface area contributed by atoms with Crippen molar-refractivity contribution >= 4 is 40.9 Å². The van der Waals surface area contributed by atoms with E-state index in [0.717, 1.165) is 5.56 Å². The van der Waals surface area contributed by atoms with E-state index in [1.807, 2.05) is 38.1 Å². The summed E-state index contributed by atoms with van der Waals surface area (Å²) in [4.78, 5) is 24.8. The Morgan fingerprint density at radius 1 is 0.971 bits per heavy atom. The summed E-state index contributed by atoms with van der Waals surface area (Å²) in [6.07, 6.45) is 1.45. The topological polar surface area (TPSA) is 100 Å². The van der Waals surface area contributed by atoms with Crippen molar-refractivity contribution in [3.63, 3.8) is 0 Å². The number of hydrogen-bond acceptors (Lipinski definition) is 5. The molecule has 3 rings (SSSR count). The Morgan fingerprint density at radius 3 is 2.43 bits per heavy atom. The molecule has 0 bridgehead atoms. The van der Waals surface area contributed by atoms with Crippen molar-refractivity contribution in [1.82, 2.24) is 0 Å². The predicted molar refractivity (Wildman–Crippen MR) is 137 cm³/mol. The molecule has 2 N–H and O–H groups in total. The molecule has 0 aliphatic rings. The van der Waals surface area contributed by atoms with E-state index in [4.69, 9.17) is 21.1 Å². The molecule has 0 saturated heterocycles. The summed E-state index contributed by atoms with van der Waals surface area (Å²) in [5.41, 5.74) is 2.71. The summed E-state index contributed by atoms with van der Waals surface area (Å²) in [6.45, 7) is 3.91. The number of rotatable bonds is 9. The summed E-state index contributed by atoms with van der Waals surface area (Å²) in [6, 6.07) is 20.9. The monoisotopic (exact) mass is 489 g/mol. The molecule has 0 aliphatic carbocycles. The summed E-state index contributed by atoms with van der Waals surface area (Å²) < 4.78 is 11.3. The van der Waals surface area contributed by atoms with Gasteiger partial charge in [-0.1, -0.05) is 29.8 Å². The van der Waals surface area contributed by atoms with Crippen molar-refractivity contribution < 1.29 is 19.1 Å². The number of nitrogens with zero attached hydrogens (tertiary/aromatic N) is 1. The first-order chi connectivity index (χ1) is 16.9. The minimum Gasteiger partial charge on any atom is -0.490 e. The number of nitriles is 1. The number of hydrogen-bond donors (Lipinski definition) is 2. The molecule has 0 aliphatic heterocycles. The lowest BCUT2D eigenvalue weighted by molar-refractivity contribution is -0.118. The van der Waals surface area contributed by atoms with Crippen LogP contribution < -0.4 is 20.1 Å². The molecule has 8 heteroatoms. The SMILES string of the molecule is CCOc1cc(/C=C(\C#N)C(=O)Nc2ccc(Cl)cc2)ccc1OCC(=O)Nc1cccc(C)c1. The van der Waals surface area contributed by atoms with Gasteiger partial charge in [0.15, 0.2) is 18.1 Å². The number of halogens is 1. The number of aryl methyl sites for hydroxylation is 1. The van der Waals surface area contributed by atoms with Crippen LogP contribution in [0.3, 0.4) is 0 Å². The average Bonchev–Trinajstić information content (AvgIpc) is 2.83. The number of ether oxygens (including phenoxy) is 2. The first-order valence-corrected chi connectivity index (χ1v) is 11.2. The van der Waals surface area contributed by atoms with Gasteiger partial charge in [-0.05, 0) is 79.6 Å². The van der Waals surface area contributed by atoms with Crippen LogP contribution in [0, 0.1) is 18.3 Å². The van der Waals surface area contributed by atoms with Gasteiger partial charge < -0.3 is 20.1 Å². The number of nitrogens with one attached hydrogen (secondary N) is 2. The van der Waals surface area contributed by atoms with Crippen LogP contribution in [-0.4, -0.2) is 25.0 Å². The number of benzene rings is 3. The van der Waals surface area contributed by atoms with Crippen LogP contribution in [0.25, 0.3) is 6.08 Å². The van der Waals surface area contributed by atoms with E-state index in [0.29, 0.717) is 40.1 Å². The van der Waals surface area contributed by atoms with E-state index in [-0.39, 0.29) is 18.1 Å². The molecule has 0 unspecified atom stereocenters. The molecule has 0 spiro atoms. The standard InChI is InChI=1S/C27H24ClN3O4/c1-3-34-25-15-19(14-20(16-29)27(33)31-22-10-8-21(28)9-11-22)7-12-24(25)35-17-26(32)30-23-6-4-5-18(2)13-23/h4-15H,3,17H2,1-2H3,(H,30,32)(H,31,33)/b20-14+. The molecule has 0 fully saturated rings. The Balaban J connectivity index is 1.70. The molecule has 35 heavy (non-hydrogen) atoms. The lowest BCUT2D eigenvalue weighted by atomic mass is 10.1. The first-order valence-electron chi connectivity index (χ1n) is 10.8. The predicted octanol–water partition coefficient (Wildman–Crippen LogP) is 5.61. The zero-order valence-electron chi connectivity index (χ0n) is 19.3. The molecule has 0 saturated carbocycles. The number of carbonyl (C=O) groups excluding carboxylic acids is 2. The third-order valence-corrected chi connectivity index (χ3v) is 4.96. The fourth-order valence-corrected chi connectivity index (χ4v) is 3.24. The minimum absolute atomic E-state index is 0.0893. The normalized spacial score (nSPS) is 10.7. The third kappa shape index (κ3) is 7.63. The van der Waals surface area contributed by atoms with Crippen molar-refractivity contribution in [3.8, 4) is 17.6 Å². The molecule has 2 amide bonds. The largest absolute Gasteiger partial charge is 0.490 e. The second kappa shape index (κ2) is 12.3. The van der Waals surface area contributed by atoms with Crippen LogP contribution in [0.4, 0.5) is 11.4 Å². The number of carbonyl (C=O) groups is 2. The van der Waals surface area contributed by atoms with Crippen molar-refractivity contribution in [2.75, 3.05) is 23.8 Å². The van der Waals surface area contributed by atoms with Gasteiger partial charge in [0.1, 0.15) is 11.6 Å². The first kappa shape index (κ1) is 25.3. The van der Waals surface area contributed by atoms with E-state index in [1.54, 1.807) is 48.5 Å². The molecule has 178 valence electrons.